The van der Waals surface area contributed by atoms with Gasteiger partial charge in [-0.25, -0.2) is 0 Å². The van der Waals surface area contributed by atoms with Crippen LogP contribution in [0.4, 0.5) is 0 Å². The van der Waals surface area contributed by atoms with Gasteiger partial charge >= 0.3 is 17.9 Å². The van der Waals surface area contributed by atoms with Crippen LogP contribution in [0.3, 0.4) is 0 Å². The van der Waals surface area contributed by atoms with Crippen LogP contribution in [-0.4, -0.2) is 68.4 Å². The van der Waals surface area contributed by atoms with E-state index in [0.29, 0.717) is 78.3 Å². The van der Waals surface area contributed by atoms with Crippen LogP contribution in [-0.2, 0) is 61.1 Å². The van der Waals surface area contributed by atoms with Crippen molar-refractivity contribution in [3.8, 4) is 34.5 Å². The van der Waals surface area contributed by atoms with Crippen LogP contribution >= 0.6 is 0 Å². The number of ether oxygens (including phenoxy) is 3. The summed E-state index contributed by atoms with van der Waals surface area (Å²) in [7, 11) is 0. The Kier molecular flexibility index (Phi) is 18.8. The fourth-order valence-electron chi connectivity index (χ4n) is 8.94. The van der Waals surface area contributed by atoms with E-state index in [9.17, 15) is 45.0 Å². The quantitative estimate of drug-likeness (QED) is 0.0317. The summed E-state index contributed by atoms with van der Waals surface area (Å²) in [5.74, 6) is -0.957. The summed E-state index contributed by atoms with van der Waals surface area (Å²) in [5.41, 5.74) is -0.331. The summed E-state index contributed by atoms with van der Waals surface area (Å²) in [6.45, 7) is 30.5. The number of rotatable bonds is 22. The maximum absolute atomic E-state index is 13.3. The predicted octanol–water partition coefficient (Wildman–Crippen LogP) is 12.6. The molecule has 0 saturated carbocycles. The van der Waals surface area contributed by atoms with E-state index in [4.69, 9.17) is 14.2 Å². The van der Waals surface area contributed by atoms with E-state index < -0.39 is 39.6 Å². The third-order valence-electron chi connectivity index (χ3n) is 13.9. The molecule has 0 radical (unpaired) electrons. The Morgan fingerprint density at radius 2 is 0.580 bits per heavy atom. The molecule has 0 aliphatic rings. The van der Waals surface area contributed by atoms with Gasteiger partial charge in [-0.3, -0.25) is 14.4 Å². The second-order valence-electron chi connectivity index (χ2n) is 24.5. The molecular formula is C57H86O12. The average molecular weight is 963 g/mol. The first kappa shape index (κ1) is 58.2. The maximum atomic E-state index is 13.3. The summed E-state index contributed by atoms with van der Waals surface area (Å²) in [4.78, 5) is 39.9. The Bertz CT molecular complexity index is 2010. The van der Waals surface area contributed by atoms with Crippen molar-refractivity contribution >= 4 is 17.9 Å². The molecule has 69 heavy (non-hydrogen) atoms. The minimum absolute atomic E-state index is 0.0553. The first-order valence-electron chi connectivity index (χ1n) is 24.6. The number of hydrogen-bond acceptors (Lipinski definition) is 12. The standard InChI is InChI=1S/C57H86O12/c1-17-57(33-67-48(64)21-18-24-54(11,12)39-30-42(58)36(27-45(39)61)51(2,3)4,34-68-49(65)22-19-25-55(13,14)40-31-43(59)37(28-46(40)62)52(5,6)7)35-69-50(66)23-20-26-56(15,16)41-32-44(60)38(29-47(41)63)53(8,9)10/h27-32,58-63H,17-26,33-35H2,1-16H3. The fraction of sp³-hybridized carbons (Fsp3) is 0.632. The molecule has 0 atom stereocenters. The zero-order valence-corrected chi connectivity index (χ0v) is 44.8. The van der Waals surface area contributed by atoms with Crippen molar-refractivity contribution in [3.05, 3.63) is 69.8 Å². The minimum Gasteiger partial charge on any atom is -0.508 e. The summed E-state index contributed by atoms with van der Waals surface area (Å²) < 4.78 is 17.5. The van der Waals surface area contributed by atoms with Crippen LogP contribution < -0.4 is 0 Å². The smallest absolute Gasteiger partial charge is 0.305 e. The van der Waals surface area contributed by atoms with E-state index in [0.717, 1.165) is 0 Å². The van der Waals surface area contributed by atoms with Gasteiger partial charge in [0.15, 0.2) is 0 Å². The second kappa shape index (κ2) is 22.3. The maximum Gasteiger partial charge on any atom is 0.305 e. The highest BCUT2D eigenvalue weighted by atomic mass is 16.6. The Morgan fingerprint density at radius 1 is 0.377 bits per heavy atom. The average Bonchev–Trinajstić information content (AvgIpc) is 3.21. The number of phenols is 6. The van der Waals surface area contributed by atoms with E-state index in [1.54, 1.807) is 36.4 Å². The van der Waals surface area contributed by atoms with Crippen LogP contribution in [0.1, 0.15) is 208 Å². The van der Waals surface area contributed by atoms with E-state index in [1.165, 1.54) is 0 Å². The van der Waals surface area contributed by atoms with Crippen LogP contribution in [0.15, 0.2) is 36.4 Å². The number of hydrogen-bond donors (Lipinski definition) is 6. The summed E-state index contributed by atoms with van der Waals surface area (Å²) in [6, 6.07) is 9.59. The third kappa shape index (κ3) is 15.9. The van der Waals surface area contributed by atoms with Gasteiger partial charge in [0.2, 0.25) is 0 Å². The molecule has 12 nitrogen and oxygen atoms in total. The molecule has 0 unspecified atom stereocenters. The van der Waals surface area contributed by atoms with Crippen molar-refractivity contribution in [1.82, 2.24) is 0 Å². The fourth-order valence-corrected chi connectivity index (χ4v) is 8.94. The lowest BCUT2D eigenvalue weighted by atomic mass is 9.77. The molecule has 3 aromatic rings. The third-order valence-corrected chi connectivity index (χ3v) is 13.9. The van der Waals surface area contributed by atoms with Crippen LogP contribution in [0, 0.1) is 5.41 Å². The molecular weight excluding hydrogens is 877 g/mol. The van der Waals surface area contributed by atoms with E-state index >= 15 is 0 Å². The first-order chi connectivity index (χ1) is 31.5. The number of carbonyl (C=O) groups is 3. The molecule has 12 heteroatoms. The van der Waals surface area contributed by atoms with Gasteiger partial charge < -0.3 is 44.8 Å². The van der Waals surface area contributed by atoms with Crippen molar-refractivity contribution in [3.63, 3.8) is 0 Å². The van der Waals surface area contributed by atoms with Crippen LogP contribution in [0.2, 0.25) is 0 Å². The van der Waals surface area contributed by atoms with Gasteiger partial charge in [-0.15, -0.1) is 0 Å². The molecule has 0 saturated heterocycles. The van der Waals surface area contributed by atoms with Gasteiger partial charge in [0, 0.05) is 52.6 Å². The number of esters is 3. The lowest BCUT2D eigenvalue weighted by Crippen LogP contribution is -2.39. The molecule has 6 N–H and O–H groups in total. The molecule has 0 spiro atoms. The van der Waals surface area contributed by atoms with E-state index in [2.05, 4.69) is 0 Å². The van der Waals surface area contributed by atoms with Gasteiger partial charge in [-0.1, -0.05) is 111 Å². The molecule has 0 fully saturated rings. The zero-order chi connectivity index (χ0) is 52.7. The molecule has 0 aliphatic heterocycles. The molecule has 0 aliphatic carbocycles. The normalized spacial score (nSPS) is 13.0. The monoisotopic (exact) mass is 963 g/mol. The summed E-state index contributed by atoms with van der Waals surface area (Å²) in [5, 5.41) is 65.3. The van der Waals surface area contributed by atoms with Crippen molar-refractivity contribution in [2.45, 2.75) is 207 Å². The molecule has 0 amide bonds. The lowest BCUT2D eigenvalue weighted by molar-refractivity contribution is -0.162. The second-order valence-corrected chi connectivity index (χ2v) is 24.5. The number of benzene rings is 3. The largest absolute Gasteiger partial charge is 0.508 e. The summed E-state index contributed by atoms with van der Waals surface area (Å²) in [6.07, 6.45) is 3.24. The minimum atomic E-state index is -1.06. The lowest BCUT2D eigenvalue weighted by Gasteiger charge is -2.32. The van der Waals surface area contributed by atoms with Gasteiger partial charge in [-0.2, -0.15) is 0 Å². The van der Waals surface area contributed by atoms with Gasteiger partial charge in [0.1, 0.15) is 54.3 Å². The Morgan fingerprint density at radius 3 is 0.783 bits per heavy atom. The van der Waals surface area contributed by atoms with Gasteiger partial charge in [-0.05, 0) is 114 Å². The predicted molar refractivity (Wildman–Crippen MR) is 272 cm³/mol. The first-order valence-corrected chi connectivity index (χ1v) is 24.6. The zero-order valence-electron chi connectivity index (χ0n) is 44.8. The van der Waals surface area contributed by atoms with Crippen LogP contribution in [0.5, 0.6) is 34.5 Å². The number of phenolic OH excluding ortho intramolecular Hbond substituents is 6. The summed E-state index contributed by atoms with van der Waals surface area (Å²) >= 11 is 0. The molecule has 3 aromatic carbocycles. The van der Waals surface area contributed by atoms with Gasteiger partial charge in [0.05, 0.1) is 5.41 Å². The highest BCUT2D eigenvalue weighted by molar-refractivity contribution is 5.70. The van der Waals surface area contributed by atoms with Crippen molar-refractivity contribution in [2.24, 2.45) is 5.41 Å². The van der Waals surface area contributed by atoms with Gasteiger partial charge in [0.25, 0.3) is 0 Å². The molecule has 0 bridgehead atoms. The Hall–Kier alpha value is -5.13. The van der Waals surface area contributed by atoms with E-state index in [-0.39, 0.29) is 89.8 Å². The molecule has 0 heterocycles. The van der Waals surface area contributed by atoms with Crippen molar-refractivity contribution in [1.29, 1.82) is 0 Å². The Labute approximate surface area is 412 Å². The number of carbonyl (C=O) groups excluding carboxylic acids is 3. The van der Waals surface area contributed by atoms with Crippen molar-refractivity contribution in [2.75, 3.05) is 19.8 Å². The molecule has 3 rings (SSSR count). The van der Waals surface area contributed by atoms with Crippen molar-refractivity contribution < 1.29 is 59.2 Å². The Balaban J connectivity index is 1.71. The molecule has 386 valence electrons. The number of aromatic hydroxyl groups is 6. The highest BCUT2D eigenvalue weighted by Gasteiger charge is 2.36. The van der Waals surface area contributed by atoms with Crippen LogP contribution in [0.25, 0.3) is 0 Å². The van der Waals surface area contributed by atoms with E-state index in [1.807, 2.05) is 111 Å². The SMILES string of the molecule is CCC(COC(=O)CCCC(C)(C)c1cc(O)c(C(C)(C)C)cc1O)(COC(=O)CCCC(C)(C)c1cc(O)c(C(C)(C)C)cc1O)COC(=O)CCCC(C)(C)c1cc(O)c(C(C)(C)C)cc1O. The topological polar surface area (TPSA) is 200 Å². The highest BCUT2D eigenvalue weighted by Crippen LogP contribution is 2.45. The molecule has 0 aromatic heterocycles.